The minimum absolute atomic E-state index is 0.261. The van der Waals surface area contributed by atoms with Crippen molar-refractivity contribution in [3.05, 3.63) is 112 Å². The molecule has 2 aromatic rings. The van der Waals surface area contributed by atoms with Crippen molar-refractivity contribution < 1.29 is 4.74 Å². The second-order valence-electron chi connectivity index (χ2n) is 9.69. The van der Waals surface area contributed by atoms with Crippen LogP contribution < -0.4 is 4.74 Å². The van der Waals surface area contributed by atoms with E-state index in [1.807, 2.05) is 13.8 Å². The first-order valence-electron chi connectivity index (χ1n) is 13.3. The Labute approximate surface area is 219 Å². The highest BCUT2D eigenvalue weighted by atomic mass is 16.5. The van der Waals surface area contributed by atoms with Gasteiger partial charge in [-0.25, -0.2) is 0 Å². The van der Waals surface area contributed by atoms with E-state index in [0.29, 0.717) is 5.92 Å². The van der Waals surface area contributed by atoms with Crippen molar-refractivity contribution >= 4 is 11.3 Å². The summed E-state index contributed by atoms with van der Waals surface area (Å²) in [6.45, 7) is 17.1. The summed E-state index contributed by atoms with van der Waals surface area (Å²) in [6, 6.07) is 13.6. The molecule has 0 N–H and O–H groups in total. The fourth-order valence-electron chi connectivity index (χ4n) is 4.98. The number of rotatable bonds is 5. The molecule has 2 unspecified atom stereocenters. The molecule has 0 saturated carbocycles. The lowest BCUT2D eigenvalue weighted by Gasteiger charge is -2.33. The minimum Gasteiger partial charge on any atom is -0.496 e. The molecule has 1 heterocycles. The number of methoxy groups -OCH3 is 1. The van der Waals surface area contributed by atoms with Crippen LogP contribution in [0.25, 0.3) is 11.3 Å². The molecule has 0 fully saturated rings. The Morgan fingerprint density at radius 1 is 1.00 bits per heavy atom. The average molecular weight is 482 g/mol. The fourth-order valence-corrected chi connectivity index (χ4v) is 4.98. The van der Waals surface area contributed by atoms with E-state index in [2.05, 4.69) is 119 Å². The molecule has 190 valence electrons. The van der Waals surface area contributed by atoms with E-state index in [1.165, 1.54) is 50.2 Å². The van der Waals surface area contributed by atoms with Crippen LogP contribution in [-0.4, -0.2) is 18.1 Å². The highest BCUT2D eigenvalue weighted by Gasteiger charge is 2.23. The van der Waals surface area contributed by atoms with Crippen LogP contribution in [0.2, 0.25) is 0 Å². The van der Waals surface area contributed by atoms with Gasteiger partial charge in [0.15, 0.2) is 0 Å². The number of aryl methyl sites for hydroxylation is 2. The zero-order valence-electron chi connectivity index (χ0n) is 23.6. The highest BCUT2D eigenvalue weighted by molar-refractivity contribution is 5.79. The number of hydrogen-bond donors (Lipinski definition) is 0. The maximum Gasteiger partial charge on any atom is 0.122 e. The van der Waals surface area contributed by atoms with Crippen molar-refractivity contribution in [2.75, 3.05) is 7.11 Å². The van der Waals surface area contributed by atoms with Gasteiger partial charge in [-0.05, 0) is 92.5 Å². The molecule has 1 aliphatic heterocycles. The van der Waals surface area contributed by atoms with E-state index in [4.69, 9.17) is 4.74 Å². The van der Waals surface area contributed by atoms with Gasteiger partial charge in [0.05, 0.1) is 7.11 Å². The van der Waals surface area contributed by atoms with E-state index in [1.54, 1.807) is 7.11 Å². The lowest BCUT2D eigenvalue weighted by molar-refractivity contribution is 0.410. The van der Waals surface area contributed by atoms with E-state index in [0.717, 1.165) is 12.2 Å². The molecule has 2 heteroatoms. The predicted octanol–water partition coefficient (Wildman–Crippen LogP) is 9.20. The van der Waals surface area contributed by atoms with Crippen LogP contribution in [0.3, 0.4) is 0 Å². The number of ether oxygens (including phenoxy) is 1. The monoisotopic (exact) mass is 481 g/mol. The van der Waals surface area contributed by atoms with Gasteiger partial charge in [0, 0.05) is 23.5 Å². The maximum absolute atomic E-state index is 5.68. The number of nitrogens with zero attached hydrogens (tertiary/aromatic N) is 1. The van der Waals surface area contributed by atoms with Crippen molar-refractivity contribution in [2.45, 2.75) is 67.9 Å². The highest BCUT2D eigenvalue weighted by Crippen LogP contribution is 2.38. The average Bonchev–Trinajstić information content (AvgIpc) is 2.88. The SMILES string of the molecule is C/C=C(/c1cc(C)c(C)c(OC)c1)N1C=C(C2=C(c3cccc(C)c3)CC(C)C=C2)C=CC1C.CC. The molecule has 0 amide bonds. The van der Waals surface area contributed by atoms with Gasteiger partial charge in [-0.1, -0.05) is 81.0 Å². The largest absolute Gasteiger partial charge is 0.496 e. The van der Waals surface area contributed by atoms with Gasteiger partial charge in [0.2, 0.25) is 0 Å². The van der Waals surface area contributed by atoms with Gasteiger partial charge >= 0.3 is 0 Å². The van der Waals surface area contributed by atoms with Crippen molar-refractivity contribution in [3.63, 3.8) is 0 Å². The molecule has 2 aromatic carbocycles. The van der Waals surface area contributed by atoms with Crippen LogP contribution in [-0.2, 0) is 0 Å². The van der Waals surface area contributed by atoms with Crippen LogP contribution in [0.15, 0.2) is 84.1 Å². The topological polar surface area (TPSA) is 12.5 Å². The molecule has 0 radical (unpaired) electrons. The molecular formula is C34H43NO. The van der Waals surface area contributed by atoms with Gasteiger partial charge in [-0.15, -0.1) is 0 Å². The summed E-state index contributed by atoms with van der Waals surface area (Å²) < 4.78 is 5.68. The second-order valence-corrected chi connectivity index (χ2v) is 9.69. The van der Waals surface area contributed by atoms with E-state index in [9.17, 15) is 0 Å². The summed E-state index contributed by atoms with van der Waals surface area (Å²) in [7, 11) is 1.75. The summed E-state index contributed by atoms with van der Waals surface area (Å²) in [5.74, 6) is 1.48. The first kappa shape index (κ1) is 27.3. The quantitative estimate of drug-likeness (QED) is 0.422. The Morgan fingerprint density at radius 2 is 1.75 bits per heavy atom. The molecule has 4 rings (SSSR count). The van der Waals surface area contributed by atoms with Crippen molar-refractivity contribution in [1.29, 1.82) is 0 Å². The molecule has 0 aromatic heterocycles. The molecule has 36 heavy (non-hydrogen) atoms. The minimum atomic E-state index is 0.261. The normalized spacial score (nSPS) is 19.6. The predicted molar refractivity (Wildman–Crippen MR) is 157 cm³/mol. The lowest BCUT2D eigenvalue weighted by Crippen LogP contribution is -2.28. The molecule has 2 atom stereocenters. The van der Waals surface area contributed by atoms with Crippen LogP contribution >= 0.6 is 0 Å². The Morgan fingerprint density at radius 3 is 2.42 bits per heavy atom. The molecule has 1 aliphatic carbocycles. The Bertz CT molecular complexity index is 1240. The zero-order valence-corrected chi connectivity index (χ0v) is 23.6. The van der Waals surface area contributed by atoms with Crippen LogP contribution in [0, 0.1) is 26.7 Å². The van der Waals surface area contributed by atoms with Crippen molar-refractivity contribution in [1.82, 2.24) is 4.90 Å². The Hall–Kier alpha value is -3.26. The molecule has 0 spiro atoms. The van der Waals surface area contributed by atoms with E-state index in [-0.39, 0.29) is 6.04 Å². The number of allylic oxidation sites excluding steroid dienone is 7. The molecule has 2 aliphatic rings. The zero-order chi connectivity index (χ0) is 26.4. The number of hydrogen-bond acceptors (Lipinski definition) is 2. The Kier molecular flexibility index (Phi) is 9.20. The third-order valence-electron chi connectivity index (χ3n) is 7.08. The van der Waals surface area contributed by atoms with Crippen LogP contribution in [0.1, 0.15) is 68.9 Å². The van der Waals surface area contributed by atoms with Gasteiger partial charge in [0.25, 0.3) is 0 Å². The summed E-state index contributed by atoms with van der Waals surface area (Å²) >= 11 is 0. The van der Waals surface area contributed by atoms with E-state index < -0.39 is 0 Å². The molecular weight excluding hydrogens is 438 g/mol. The Balaban J connectivity index is 0.00000176. The summed E-state index contributed by atoms with van der Waals surface area (Å²) in [5.41, 5.74) is 11.5. The van der Waals surface area contributed by atoms with Gasteiger partial charge in [-0.2, -0.15) is 0 Å². The smallest absolute Gasteiger partial charge is 0.122 e. The summed E-state index contributed by atoms with van der Waals surface area (Å²) in [4.78, 5) is 2.39. The fraction of sp³-hybridized carbons (Fsp3) is 0.353. The maximum atomic E-state index is 5.68. The first-order chi connectivity index (χ1) is 17.3. The third kappa shape index (κ3) is 5.75. The molecule has 2 nitrogen and oxygen atoms in total. The molecule has 0 bridgehead atoms. The van der Waals surface area contributed by atoms with Crippen LogP contribution in [0.4, 0.5) is 0 Å². The van der Waals surface area contributed by atoms with Crippen molar-refractivity contribution in [3.8, 4) is 5.75 Å². The number of benzene rings is 2. The summed E-state index contributed by atoms with van der Waals surface area (Å²) in [5, 5.41) is 0. The first-order valence-corrected chi connectivity index (χ1v) is 13.3. The standard InChI is InChI=1S/C32H37NO.C2H6/c1-8-31(28-18-23(4)25(6)32(19-28)34-7)33-20-27(14-13-24(33)5)29-15-12-22(3)17-30(29)26-11-9-10-21(2)16-26;1-2/h8-16,18-20,22,24H,17H2,1-7H3;1-2H3/b31-8-;. The lowest BCUT2D eigenvalue weighted by atomic mass is 9.83. The third-order valence-corrected chi connectivity index (χ3v) is 7.08. The summed E-state index contributed by atoms with van der Waals surface area (Å²) in [6.07, 6.45) is 14.9. The van der Waals surface area contributed by atoms with Crippen LogP contribution in [0.5, 0.6) is 5.75 Å². The van der Waals surface area contributed by atoms with E-state index >= 15 is 0 Å². The van der Waals surface area contributed by atoms with Gasteiger partial charge < -0.3 is 9.64 Å². The second kappa shape index (κ2) is 12.1. The van der Waals surface area contributed by atoms with Gasteiger partial charge in [-0.3, -0.25) is 0 Å². The van der Waals surface area contributed by atoms with Crippen molar-refractivity contribution in [2.24, 2.45) is 5.92 Å². The molecule has 0 saturated heterocycles. The van der Waals surface area contributed by atoms with Gasteiger partial charge in [0.1, 0.15) is 5.75 Å².